The van der Waals surface area contributed by atoms with Crippen LogP contribution in [0.5, 0.6) is 0 Å². The molecule has 0 atom stereocenters. The molecule has 0 saturated carbocycles. The first-order valence-electron chi connectivity index (χ1n) is 3.37. The third kappa shape index (κ3) is 2.93. The minimum Gasteiger partial charge on any atom is -0.258 e. The van der Waals surface area contributed by atoms with E-state index in [1.807, 2.05) is 18.2 Å². The van der Waals surface area contributed by atoms with Crippen molar-refractivity contribution in [3.8, 4) is 0 Å². The summed E-state index contributed by atoms with van der Waals surface area (Å²) in [7, 11) is 0. The van der Waals surface area contributed by atoms with Crippen molar-refractivity contribution in [3.05, 3.63) is 49.0 Å². The van der Waals surface area contributed by atoms with E-state index in [4.69, 9.17) is 0 Å². The lowest BCUT2D eigenvalue weighted by Gasteiger charge is -1.95. The van der Waals surface area contributed by atoms with Crippen molar-refractivity contribution >= 4 is 37.9 Å². The number of nitro groups is 1. The summed E-state index contributed by atoms with van der Waals surface area (Å²) in [4.78, 5) is 9.80. The van der Waals surface area contributed by atoms with Crippen molar-refractivity contribution in [2.75, 3.05) is 0 Å². The second-order valence-corrected chi connectivity index (χ2v) is 3.91. The highest BCUT2D eigenvalue weighted by Crippen LogP contribution is 2.20. The molecular formula is C8H5Br2NO2. The third-order valence-electron chi connectivity index (χ3n) is 1.35. The van der Waals surface area contributed by atoms with Gasteiger partial charge in [-0.05, 0) is 11.6 Å². The van der Waals surface area contributed by atoms with Gasteiger partial charge in [0.25, 0.3) is 0 Å². The highest BCUT2D eigenvalue weighted by Gasteiger charge is 2.05. The molecule has 1 aromatic carbocycles. The van der Waals surface area contributed by atoms with Crippen molar-refractivity contribution in [2.24, 2.45) is 0 Å². The van der Waals surface area contributed by atoms with Gasteiger partial charge in [-0.2, -0.15) is 0 Å². The first kappa shape index (κ1) is 10.4. The number of hydrogen-bond acceptors (Lipinski definition) is 2. The number of halogens is 2. The Kier molecular flexibility index (Phi) is 3.62. The predicted octanol–water partition coefficient (Wildman–Crippen LogP) is 3.42. The van der Waals surface area contributed by atoms with E-state index in [0.717, 1.165) is 10.0 Å². The van der Waals surface area contributed by atoms with Crippen molar-refractivity contribution in [2.45, 2.75) is 0 Å². The van der Waals surface area contributed by atoms with Gasteiger partial charge in [-0.25, -0.2) is 0 Å². The lowest BCUT2D eigenvalue weighted by atomic mass is 10.2. The fraction of sp³-hybridized carbons (Fsp3) is 0. The zero-order valence-corrected chi connectivity index (χ0v) is 9.58. The van der Waals surface area contributed by atoms with Crippen molar-refractivity contribution < 1.29 is 4.92 Å². The van der Waals surface area contributed by atoms with E-state index < -0.39 is 4.92 Å². The summed E-state index contributed by atoms with van der Waals surface area (Å²) in [5.41, 5.74) is 0.770. The van der Waals surface area contributed by atoms with Gasteiger partial charge in [0.15, 0.2) is 0 Å². The molecule has 5 heteroatoms. The molecule has 1 aromatic rings. The van der Waals surface area contributed by atoms with Crippen LogP contribution in [-0.4, -0.2) is 4.92 Å². The molecule has 0 spiro atoms. The molecule has 0 aliphatic carbocycles. The number of benzene rings is 1. The van der Waals surface area contributed by atoms with E-state index in [2.05, 4.69) is 31.9 Å². The highest BCUT2D eigenvalue weighted by atomic mass is 79.9. The van der Waals surface area contributed by atoms with Gasteiger partial charge < -0.3 is 0 Å². The lowest BCUT2D eigenvalue weighted by Crippen LogP contribution is -1.90. The van der Waals surface area contributed by atoms with Crippen LogP contribution in [0.25, 0.3) is 6.08 Å². The Hall–Kier alpha value is -0.680. The normalized spacial score (nSPS) is 11.4. The van der Waals surface area contributed by atoms with Gasteiger partial charge in [-0.15, -0.1) is 0 Å². The van der Waals surface area contributed by atoms with E-state index in [1.165, 1.54) is 6.08 Å². The Labute approximate surface area is 91.9 Å². The van der Waals surface area contributed by atoms with Gasteiger partial charge in [0.1, 0.15) is 0 Å². The third-order valence-corrected chi connectivity index (χ3v) is 2.59. The maximum absolute atomic E-state index is 10.3. The Morgan fingerprint density at radius 1 is 1.46 bits per heavy atom. The molecule has 0 unspecified atom stereocenters. The molecule has 3 nitrogen and oxygen atoms in total. The summed E-state index contributed by atoms with van der Waals surface area (Å²) >= 11 is 6.14. The number of nitrogens with zero attached hydrogens (tertiary/aromatic N) is 1. The summed E-state index contributed by atoms with van der Waals surface area (Å²) in [5, 5.41) is 10.3. The molecule has 0 heterocycles. The summed E-state index contributed by atoms with van der Waals surface area (Å²) < 4.78 is 0.771. The number of hydrogen-bond donors (Lipinski definition) is 0. The highest BCUT2D eigenvalue weighted by molar-refractivity contribution is 9.11. The van der Waals surface area contributed by atoms with Gasteiger partial charge in [0.05, 0.1) is 4.92 Å². The van der Waals surface area contributed by atoms with Crippen LogP contribution < -0.4 is 0 Å². The minimum absolute atomic E-state index is 0.0561. The fourth-order valence-electron chi connectivity index (χ4n) is 0.773. The molecule has 0 amide bonds. The summed E-state index contributed by atoms with van der Waals surface area (Å²) in [6.45, 7) is 0. The van der Waals surface area contributed by atoms with Crippen LogP contribution in [0.1, 0.15) is 5.56 Å². The molecule has 13 heavy (non-hydrogen) atoms. The first-order valence-corrected chi connectivity index (χ1v) is 4.96. The molecular weight excluding hydrogens is 302 g/mol. The molecule has 68 valence electrons. The van der Waals surface area contributed by atoms with Crippen LogP contribution in [0.4, 0.5) is 0 Å². The predicted molar refractivity (Wildman–Crippen MR) is 58.0 cm³/mol. The zero-order valence-electron chi connectivity index (χ0n) is 6.41. The molecule has 1 rings (SSSR count). The quantitative estimate of drug-likeness (QED) is 0.477. The summed E-state index contributed by atoms with van der Waals surface area (Å²) in [6, 6.07) is 7.28. The van der Waals surface area contributed by atoms with Crippen LogP contribution in [0.15, 0.2) is 33.3 Å². The largest absolute Gasteiger partial charge is 0.311 e. The van der Waals surface area contributed by atoms with E-state index in [1.54, 1.807) is 6.07 Å². The van der Waals surface area contributed by atoms with Crippen molar-refractivity contribution in [1.82, 2.24) is 0 Å². The van der Waals surface area contributed by atoms with Gasteiger partial charge >= 0.3 is 4.61 Å². The molecule has 0 aliphatic heterocycles. The van der Waals surface area contributed by atoms with E-state index in [-0.39, 0.29) is 4.61 Å². The van der Waals surface area contributed by atoms with Crippen molar-refractivity contribution in [1.29, 1.82) is 0 Å². The maximum Gasteiger partial charge on any atom is 0.311 e. The van der Waals surface area contributed by atoms with Crippen LogP contribution in [0.2, 0.25) is 0 Å². The van der Waals surface area contributed by atoms with E-state index in [9.17, 15) is 10.1 Å². The first-order chi connectivity index (χ1) is 6.11. The monoisotopic (exact) mass is 305 g/mol. The standard InChI is InChI=1S/C8H5Br2NO2/c9-7-4-2-1-3-6(7)5-8(10)11(12)13/h1-5H/b8-5+. The Bertz CT molecular complexity index is 363. The molecule has 0 aliphatic rings. The fourth-order valence-corrected chi connectivity index (χ4v) is 1.42. The molecule has 0 aromatic heterocycles. The average molecular weight is 307 g/mol. The Morgan fingerprint density at radius 3 is 2.62 bits per heavy atom. The molecule has 0 radical (unpaired) electrons. The SMILES string of the molecule is O=[N+]([O-])/C(Br)=C/c1ccccc1Br. The summed E-state index contributed by atoms with van der Waals surface area (Å²) in [6.07, 6.45) is 1.45. The average Bonchev–Trinajstić information content (AvgIpc) is 2.08. The smallest absolute Gasteiger partial charge is 0.258 e. The van der Waals surface area contributed by atoms with Crippen LogP contribution >= 0.6 is 31.9 Å². The Balaban J connectivity index is 3.04. The van der Waals surface area contributed by atoms with E-state index in [0.29, 0.717) is 0 Å². The van der Waals surface area contributed by atoms with Gasteiger partial charge in [-0.3, -0.25) is 10.1 Å². The minimum atomic E-state index is -0.487. The lowest BCUT2D eigenvalue weighted by molar-refractivity contribution is -0.407. The van der Waals surface area contributed by atoms with Crippen LogP contribution in [0.3, 0.4) is 0 Å². The van der Waals surface area contributed by atoms with E-state index >= 15 is 0 Å². The van der Waals surface area contributed by atoms with Gasteiger partial charge in [0, 0.05) is 26.5 Å². The Morgan fingerprint density at radius 2 is 2.08 bits per heavy atom. The number of rotatable bonds is 2. The zero-order chi connectivity index (χ0) is 9.84. The molecule has 0 N–H and O–H groups in total. The van der Waals surface area contributed by atoms with Crippen molar-refractivity contribution in [3.63, 3.8) is 0 Å². The van der Waals surface area contributed by atoms with Crippen LogP contribution in [-0.2, 0) is 0 Å². The van der Waals surface area contributed by atoms with Gasteiger partial charge in [-0.1, -0.05) is 34.1 Å². The summed E-state index contributed by atoms with van der Waals surface area (Å²) in [5.74, 6) is 0. The molecule has 0 saturated heterocycles. The molecule has 0 fully saturated rings. The van der Waals surface area contributed by atoms with Crippen LogP contribution in [0, 0.1) is 10.1 Å². The molecule has 0 bridgehead atoms. The second kappa shape index (κ2) is 4.53. The second-order valence-electron chi connectivity index (χ2n) is 2.25. The topological polar surface area (TPSA) is 43.1 Å². The van der Waals surface area contributed by atoms with Gasteiger partial charge in [0.2, 0.25) is 0 Å². The maximum atomic E-state index is 10.3.